The number of nitrogens with zero attached hydrogens (tertiary/aromatic N) is 1. The highest BCUT2D eigenvalue weighted by Crippen LogP contribution is 2.35. The van der Waals surface area contributed by atoms with Crippen molar-refractivity contribution in [2.75, 3.05) is 5.32 Å². The van der Waals surface area contributed by atoms with Gasteiger partial charge in [0.1, 0.15) is 0 Å². The fraction of sp³-hybridized carbons (Fsp3) is 0.412. The van der Waals surface area contributed by atoms with E-state index in [9.17, 15) is 14.3 Å². The molecule has 0 saturated heterocycles. The summed E-state index contributed by atoms with van der Waals surface area (Å²) in [7, 11) is 0. The van der Waals surface area contributed by atoms with Gasteiger partial charge in [-0.2, -0.15) is 0 Å². The van der Waals surface area contributed by atoms with Gasteiger partial charge in [0.15, 0.2) is 16.7 Å². The molecule has 1 atom stereocenters. The molecule has 0 radical (unpaired) electrons. The summed E-state index contributed by atoms with van der Waals surface area (Å²) in [4.78, 5) is 16.7. The fourth-order valence-corrected chi connectivity index (χ4v) is 3.72. The molecule has 3 rings (SSSR count). The van der Waals surface area contributed by atoms with Crippen molar-refractivity contribution < 1.29 is 14.3 Å². The summed E-state index contributed by atoms with van der Waals surface area (Å²) >= 11 is 1.36. The largest absolute Gasteiger partial charge is 0.505 e. The number of phenolic OH excluding ortho intramolecular Hbond substituents is 1. The lowest BCUT2D eigenvalue weighted by Crippen LogP contribution is -2.23. The lowest BCUT2D eigenvalue weighted by atomic mass is 9.87. The number of nitrogens with one attached hydrogen (secondary N) is 1. The highest BCUT2D eigenvalue weighted by atomic mass is 32.1. The van der Waals surface area contributed by atoms with E-state index in [-0.39, 0.29) is 5.91 Å². The van der Waals surface area contributed by atoms with Gasteiger partial charge < -0.3 is 10.4 Å². The summed E-state index contributed by atoms with van der Waals surface area (Å²) in [6.45, 7) is 0. The molecule has 1 saturated carbocycles. The van der Waals surface area contributed by atoms with Crippen LogP contribution >= 0.6 is 11.3 Å². The molecular formula is C17H19FN2O2S. The van der Waals surface area contributed by atoms with Gasteiger partial charge in [-0.05, 0) is 30.0 Å². The Morgan fingerprint density at radius 2 is 2.22 bits per heavy atom. The number of phenols is 1. The van der Waals surface area contributed by atoms with Gasteiger partial charge in [0.25, 0.3) is 0 Å². The molecule has 1 heterocycles. The van der Waals surface area contributed by atoms with Crippen LogP contribution in [0.1, 0.15) is 43.6 Å². The molecule has 0 bridgehead atoms. The number of carbonyl (C=O) groups is 1. The first-order chi connectivity index (χ1) is 11.1. The van der Waals surface area contributed by atoms with E-state index < -0.39 is 17.5 Å². The van der Waals surface area contributed by atoms with E-state index in [0.717, 1.165) is 12.8 Å². The van der Waals surface area contributed by atoms with Crippen LogP contribution in [0.3, 0.4) is 0 Å². The molecule has 1 amide bonds. The van der Waals surface area contributed by atoms with E-state index in [1.807, 2.05) is 0 Å². The number of hydrogen-bond acceptors (Lipinski definition) is 4. The Hall–Kier alpha value is -1.95. The fourth-order valence-electron chi connectivity index (χ4n) is 3.19. The number of amides is 1. The summed E-state index contributed by atoms with van der Waals surface area (Å²) in [6.07, 6.45) is 6.93. The minimum absolute atomic E-state index is 0.170. The average Bonchev–Trinajstić information content (AvgIpc) is 3.21. The van der Waals surface area contributed by atoms with Crippen molar-refractivity contribution >= 4 is 22.4 Å². The molecule has 1 aliphatic rings. The van der Waals surface area contributed by atoms with Crippen LogP contribution in [0.2, 0.25) is 0 Å². The monoisotopic (exact) mass is 334 g/mol. The molecule has 2 N–H and O–H groups in total. The highest BCUT2D eigenvalue weighted by molar-refractivity contribution is 7.13. The molecule has 0 aliphatic heterocycles. The van der Waals surface area contributed by atoms with Crippen LogP contribution in [-0.4, -0.2) is 16.0 Å². The van der Waals surface area contributed by atoms with Crippen LogP contribution < -0.4 is 5.32 Å². The second-order valence-electron chi connectivity index (χ2n) is 5.98. The lowest BCUT2D eigenvalue weighted by Gasteiger charge is -2.20. The molecule has 23 heavy (non-hydrogen) atoms. The Balaban J connectivity index is 1.82. The van der Waals surface area contributed by atoms with Crippen LogP contribution in [0.15, 0.2) is 29.8 Å². The highest BCUT2D eigenvalue weighted by Gasteiger charge is 2.27. The number of halogens is 1. The number of aromatic hydroxyl groups is 1. The zero-order chi connectivity index (χ0) is 16.2. The molecule has 1 unspecified atom stereocenters. The first kappa shape index (κ1) is 15.9. The second-order valence-corrected chi connectivity index (χ2v) is 6.87. The van der Waals surface area contributed by atoms with Gasteiger partial charge in [0.2, 0.25) is 5.91 Å². The van der Waals surface area contributed by atoms with E-state index in [4.69, 9.17) is 0 Å². The molecular weight excluding hydrogens is 315 g/mol. The lowest BCUT2D eigenvalue weighted by molar-refractivity contribution is -0.118. The Bertz CT molecular complexity index is 669. The molecule has 4 nitrogen and oxygen atoms in total. The zero-order valence-electron chi connectivity index (χ0n) is 12.7. The summed E-state index contributed by atoms with van der Waals surface area (Å²) in [5.74, 6) is -1.21. The first-order valence-electron chi connectivity index (χ1n) is 7.82. The number of hydrogen-bond donors (Lipinski definition) is 2. The molecule has 1 aromatic heterocycles. The Morgan fingerprint density at radius 3 is 2.87 bits per heavy atom. The van der Waals surface area contributed by atoms with Crippen LogP contribution in [0.25, 0.3) is 0 Å². The van der Waals surface area contributed by atoms with E-state index >= 15 is 0 Å². The van der Waals surface area contributed by atoms with Gasteiger partial charge in [-0.25, -0.2) is 9.37 Å². The Morgan fingerprint density at radius 1 is 1.43 bits per heavy atom. The van der Waals surface area contributed by atoms with Crippen molar-refractivity contribution in [2.45, 2.75) is 38.0 Å². The Labute approximate surface area is 138 Å². The maximum absolute atomic E-state index is 13.7. The van der Waals surface area contributed by atoms with Crippen LogP contribution in [-0.2, 0) is 4.79 Å². The third kappa shape index (κ3) is 3.88. The van der Waals surface area contributed by atoms with Gasteiger partial charge in [-0.15, -0.1) is 11.3 Å². The molecule has 2 aromatic rings. The third-order valence-electron chi connectivity index (χ3n) is 4.40. The van der Waals surface area contributed by atoms with Gasteiger partial charge >= 0.3 is 0 Å². The van der Waals surface area contributed by atoms with Gasteiger partial charge in [0.05, 0.1) is 5.92 Å². The molecule has 6 heteroatoms. The topological polar surface area (TPSA) is 62.2 Å². The molecule has 122 valence electrons. The van der Waals surface area contributed by atoms with Crippen LogP contribution in [0, 0.1) is 11.7 Å². The average molecular weight is 334 g/mol. The van der Waals surface area contributed by atoms with Crippen LogP contribution in [0.4, 0.5) is 9.52 Å². The van der Waals surface area contributed by atoms with E-state index in [1.165, 1.54) is 36.3 Å². The van der Waals surface area contributed by atoms with E-state index in [1.54, 1.807) is 17.6 Å². The van der Waals surface area contributed by atoms with Crippen molar-refractivity contribution in [3.05, 3.63) is 41.2 Å². The maximum atomic E-state index is 13.7. The molecule has 1 aliphatic carbocycles. The van der Waals surface area contributed by atoms with Gasteiger partial charge in [0, 0.05) is 11.6 Å². The number of rotatable bonds is 5. The number of anilines is 1. The summed E-state index contributed by atoms with van der Waals surface area (Å²) in [5, 5.41) is 14.5. The van der Waals surface area contributed by atoms with E-state index in [2.05, 4.69) is 10.3 Å². The quantitative estimate of drug-likeness (QED) is 0.857. The van der Waals surface area contributed by atoms with Crippen molar-refractivity contribution in [2.24, 2.45) is 5.92 Å². The first-order valence-corrected chi connectivity index (χ1v) is 8.70. The van der Waals surface area contributed by atoms with Crippen molar-refractivity contribution in [1.82, 2.24) is 4.98 Å². The molecule has 1 aromatic carbocycles. The molecule has 1 fully saturated rings. The number of aromatic nitrogens is 1. The third-order valence-corrected chi connectivity index (χ3v) is 5.09. The standard InChI is InChI=1S/C17H19FN2O2S/c18-14-10-12(5-6-15(14)21)13(9-11-3-1-2-4-11)16(22)20-17-19-7-8-23-17/h5-8,10-11,13,21H,1-4,9H2,(H,19,20,22). The summed E-state index contributed by atoms with van der Waals surface area (Å²) in [5.41, 5.74) is 0.598. The summed E-state index contributed by atoms with van der Waals surface area (Å²) in [6, 6.07) is 4.19. The van der Waals surface area contributed by atoms with Crippen molar-refractivity contribution in [3.63, 3.8) is 0 Å². The SMILES string of the molecule is O=C(Nc1nccs1)C(CC1CCCC1)c1ccc(O)c(F)c1. The van der Waals surface area contributed by atoms with Gasteiger partial charge in [-0.1, -0.05) is 31.7 Å². The predicted molar refractivity (Wildman–Crippen MR) is 88.1 cm³/mol. The van der Waals surface area contributed by atoms with Gasteiger partial charge in [-0.3, -0.25) is 4.79 Å². The minimum atomic E-state index is -0.694. The number of thiazole rings is 1. The van der Waals surface area contributed by atoms with Crippen molar-refractivity contribution in [1.29, 1.82) is 0 Å². The Kier molecular flexibility index (Phi) is 4.91. The smallest absolute Gasteiger partial charge is 0.233 e. The molecule has 0 spiro atoms. The number of carbonyl (C=O) groups excluding carboxylic acids is 1. The maximum Gasteiger partial charge on any atom is 0.233 e. The number of benzene rings is 1. The van der Waals surface area contributed by atoms with Crippen LogP contribution in [0.5, 0.6) is 5.75 Å². The minimum Gasteiger partial charge on any atom is -0.505 e. The second kappa shape index (κ2) is 7.08. The predicted octanol–water partition coefficient (Wildman–Crippen LogP) is 4.29. The summed E-state index contributed by atoms with van der Waals surface area (Å²) < 4.78 is 13.7. The van der Waals surface area contributed by atoms with Crippen molar-refractivity contribution in [3.8, 4) is 5.75 Å². The van der Waals surface area contributed by atoms with E-state index in [0.29, 0.717) is 23.0 Å². The zero-order valence-corrected chi connectivity index (χ0v) is 13.5. The normalized spacial score (nSPS) is 16.4.